The highest BCUT2D eigenvalue weighted by atomic mass is 35.5. The molecule has 0 aliphatic carbocycles. The van der Waals surface area contributed by atoms with Gasteiger partial charge in [-0.2, -0.15) is 0 Å². The molecule has 0 amide bonds. The van der Waals surface area contributed by atoms with Crippen LogP contribution in [0.25, 0.3) is 10.9 Å². The average Bonchev–Trinajstić information content (AvgIpc) is 2.59. The van der Waals surface area contributed by atoms with E-state index in [0.29, 0.717) is 22.5 Å². The van der Waals surface area contributed by atoms with Gasteiger partial charge in [0.15, 0.2) is 0 Å². The molecule has 2 aromatic carbocycles. The van der Waals surface area contributed by atoms with Crippen LogP contribution in [0.2, 0.25) is 10.0 Å². The molecule has 0 unspecified atom stereocenters. The molecule has 0 radical (unpaired) electrons. The van der Waals surface area contributed by atoms with Crippen molar-refractivity contribution in [2.75, 3.05) is 6.61 Å². The first-order valence-corrected chi connectivity index (χ1v) is 8.51. The van der Waals surface area contributed by atoms with E-state index >= 15 is 0 Å². The molecule has 4 nitrogen and oxygen atoms in total. The molecule has 6 heteroatoms. The van der Waals surface area contributed by atoms with Crippen LogP contribution in [-0.4, -0.2) is 17.1 Å². The van der Waals surface area contributed by atoms with Crippen LogP contribution in [0.1, 0.15) is 22.8 Å². The molecule has 25 heavy (non-hydrogen) atoms. The van der Waals surface area contributed by atoms with E-state index in [0.717, 1.165) is 5.56 Å². The van der Waals surface area contributed by atoms with E-state index in [1.54, 1.807) is 25.1 Å². The molecule has 0 bridgehead atoms. The number of benzene rings is 2. The Morgan fingerprint density at radius 3 is 2.48 bits per heavy atom. The third-order valence-electron chi connectivity index (χ3n) is 3.84. The van der Waals surface area contributed by atoms with Crippen LogP contribution >= 0.6 is 23.2 Å². The minimum atomic E-state index is -0.749. The third-order valence-corrected chi connectivity index (χ3v) is 4.54. The number of rotatable bonds is 4. The highest BCUT2D eigenvalue weighted by molar-refractivity contribution is 6.43. The van der Waals surface area contributed by atoms with Crippen LogP contribution in [0.15, 0.2) is 53.3 Å². The van der Waals surface area contributed by atoms with Crippen molar-refractivity contribution < 1.29 is 9.53 Å². The lowest BCUT2D eigenvalue weighted by Crippen LogP contribution is -2.29. The minimum Gasteiger partial charge on any atom is -0.462 e. The van der Waals surface area contributed by atoms with Crippen molar-refractivity contribution in [1.82, 2.24) is 4.57 Å². The fourth-order valence-electron chi connectivity index (χ4n) is 2.72. The number of esters is 1. The van der Waals surface area contributed by atoms with Gasteiger partial charge in [0, 0.05) is 5.39 Å². The molecular formula is C19H15Cl2NO3. The SMILES string of the molecule is CCOC(=O)c1c(Cl)c2c(Cl)cccc2n(Cc2ccccc2)c1=O. The number of halogens is 2. The van der Waals surface area contributed by atoms with E-state index < -0.39 is 11.5 Å². The van der Waals surface area contributed by atoms with Crippen molar-refractivity contribution in [2.24, 2.45) is 0 Å². The van der Waals surface area contributed by atoms with Crippen LogP contribution in [0.5, 0.6) is 0 Å². The Hall–Kier alpha value is -2.30. The average molecular weight is 376 g/mol. The number of carbonyl (C=O) groups is 1. The second-order valence-electron chi connectivity index (χ2n) is 5.42. The monoisotopic (exact) mass is 375 g/mol. The number of carbonyl (C=O) groups excluding carboxylic acids is 1. The molecule has 0 atom stereocenters. The van der Waals surface area contributed by atoms with Crippen LogP contribution in [-0.2, 0) is 11.3 Å². The second-order valence-corrected chi connectivity index (χ2v) is 6.21. The number of aromatic nitrogens is 1. The van der Waals surface area contributed by atoms with Gasteiger partial charge in [0.25, 0.3) is 5.56 Å². The van der Waals surface area contributed by atoms with Crippen LogP contribution in [0.3, 0.4) is 0 Å². The zero-order chi connectivity index (χ0) is 18.0. The van der Waals surface area contributed by atoms with Crippen molar-refractivity contribution in [2.45, 2.75) is 13.5 Å². The zero-order valence-corrected chi connectivity index (χ0v) is 15.0. The normalized spacial score (nSPS) is 10.8. The van der Waals surface area contributed by atoms with Crippen molar-refractivity contribution in [1.29, 1.82) is 0 Å². The van der Waals surface area contributed by atoms with E-state index in [4.69, 9.17) is 27.9 Å². The quantitative estimate of drug-likeness (QED) is 0.629. The van der Waals surface area contributed by atoms with Crippen LogP contribution in [0, 0.1) is 0 Å². The Bertz CT molecular complexity index is 997. The van der Waals surface area contributed by atoms with Crippen molar-refractivity contribution in [3.05, 3.63) is 80.1 Å². The lowest BCUT2D eigenvalue weighted by atomic mass is 10.1. The number of nitrogens with zero attached hydrogens (tertiary/aromatic N) is 1. The predicted octanol–water partition coefficient (Wildman–Crippen LogP) is 4.53. The van der Waals surface area contributed by atoms with E-state index in [-0.39, 0.29) is 17.2 Å². The minimum absolute atomic E-state index is 0.0216. The Labute approximate surface area is 154 Å². The highest BCUT2D eigenvalue weighted by Crippen LogP contribution is 2.32. The van der Waals surface area contributed by atoms with E-state index in [1.165, 1.54) is 4.57 Å². The Morgan fingerprint density at radius 1 is 1.08 bits per heavy atom. The molecular weight excluding hydrogens is 361 g/mol. The summed E-state index contributed by atoms with van der Waals surface area (Å²) in [4.78, 5) is 25.3. The fraction of sp³-hybridized carbons (Fsp3) is 0.158. The maximum Gasteiger partial charge on any atom is 0.345 e. The standard InChI is InChI=1S/C19H15Cl2NO3/c1-2-25-19(24)16-17(21)15-13(20)9-6-10-14(15)22(18(16)23)11-12-7-4-3-5-8-12/h3-10H,2,11H2,1H3. The summed E-state index contributed by atoms with van der Waals surface area (Å²) in [5.41, 5.74) is 0.796. The Balaban J connectivity index is 2.33. The molecule has 0 aliphatic rings. The van der Waals surface area contributed by atoms with Crippen molar-refractivity contribution in [3.63, 3.8) is 0 Å². The molecule has 128 valence electrons. The zero-order valence-electron chi connectivity index (χ0n) is 13.5. The van der Waals surface area contributed by atoms with Gasteiger partial charge in [-0.25, -0.2) is 4.79 Å². The van der Waals surface area contributed by atoms with Gasteiger partial charge >= 0.3 is 5.97 Å². The summed E-state index contributed by atoms with van der Waals surface area (Å²) in [5, 5.41) is 0.854. The summed E-state index contributed by atoms with van der Waals surface area (Å²) in [6.07, 6.45) is 0. The summed E-state index contributed by atoms with van der Waals surface area (Å²) >= 11 is 12.7. The molecule has 0 aliphatic heterocycles. The van der Waals surface area contributed by atoms with Gasteiger partial charge in [-0.05, 0) is 24.6 Å². The first kappa shape index (κ1) is 17.5. The first-order chi connectivity index (χ1) is 12.0. The molecule has 1 aromatic heterocycles. The molecule has 0 saturated carbocycles. The fourth-order valence-corrected chi connectivity index (χ4v) is 3.39. The van der Waals surface area contributed by atoms with Gasteiger partial charge in [-0.1, -0.05) is 59.6 Å². The summed E-state index contributed by atoms with van der Waals surface area (Å²) in [5.74, 6) is -0.749. The van der Waals surface area contributed by atoms with Gasteiger partial charge in [-0.3, -0.25) is 4.79 Å². The molecule has 1 heterocycles. The molecule has 0 saturated heterocycles. The van der Waals surface area contributed by atoms with Gasteiger partial charge in [0.05, 0.1) is 28.7 Å². The summed E-state index contributed by atoms with van der Waals surface area (Å²) in [7, 11) is 0. The lowest BCUT2D eigenvalue weighted by Gasteiger charge is -2.15. The van der Waals surface area contributed by atoms with Gasteiger partial charge in [0.2, 0.25) is 0 Å². The maximum absolute atomic E-state index is 13.0. The van der Waals surface area contributed by atoms with Crippen LogP contribution < -0.4 is 5.56 Å². The molecule has 0 N–H and O–H groups in total. The molecule has 0 spiro atoms. The number of hydrogen-bond acceptors (Lipinski definition) is 3. The number of hydrogen-bond donors (Lipinski definition) is 0. The van der Waals surface area contributed by atoms with Crippen molar-refractivity contribution in [3.8, 4) is 0 Å². The lowest BCUT2D eigenvalue weighted by molar-refractivity contribution is 0.0524. The van der Waals surface area contributed by atoms with Crippen LogP contribution in [0.4, 0.5) is 0 Å². The van der Waals surface area contributed by atoms with Gasteiger partial charge in [-0.15, -0.1) is 0 Å². The molecule has 3 aromatic rings. The van der Waals surface area contributed by atoms with Crippen molar-refractivity contribution >= 4 is 40.1 Å². The molecule has 3 rings (SSSR count). The highest BCUT2D eigenvalue weighted by Gasteiger charge is 2.23. The van der Waals surface area contributed by atoms with Gasteiger partial charge in [0.1, 0.15) is 5.56 Å². The molecule has 0 fully saturated rings. The maximum atomic E-state index is 13.0. The largest absolute Gasteiger partial charge is 0.462 e. The van der Waals surface area contributed by atoms with E-state index in [2.05, 4.69) is 0 Å². The topological polar surface area (TPSA) is 48.3 Å². The second kappa shape index (κ2) is 7.30. The first-order valence-electron chi connectivity index (χ1n) is 7.76. The predicted molar refractivity (Wildman–Crippen MR) is 99.7 cm³/mol. The van der Waals surface area contributed by atoms with E-state index in [9.17, 15) is 9.59 Å². The Kier molecular flexibility index (Phi) is 5.11. The summed E-state index contributed by atoms with van der Waals surface area (Å²) < 4.78 is 6.50. The number of fused-ring (bicyclic) bond motifs is 1. The van der Waals surface area contributed by atoms with Gasteiger partial charge < -0.3 is 9.30 Å². The third kappa shape index (κ3) is 3.28. The number of pyridine rings is 1. The number of ether oxygens (including phenoxy) is 1. The summed E-state index contributed by atoms with van der Waals surface area (Å²) in [6.45, 7) is 2.11. The smallest absolute Gasteiger partial charge is 0.345 e. The van der Waals surface area contributed by atoms with E-state index in [1.807, 2.05) is 30.3 Å². The summed E-state index contributed by atoms with van der Waals surface area (Å²) in [6, 6.07) is 14.6. The Morgan fingerprint density at radius 2 is 1.80 bits per heavy atom.